The van der Waals surface area contributed by atoms with Gasteiger partial charge in [-0.2, -0.15) is 0 Å². The lowest BCUT2D eigenvalue weighted by molar-refractivity contribution is 0.101. The molecule has 0 saturated heterocycles. The van der Waals surface area contributed by atoms with E-state index < -0.39 is 0 Å². The van der Waals surface area contributed by atoms with Gasteiger partial charge in [0.1, 0.15) is 0 Å². The van der Waals surface area contributed by atoms with Crippen LogP contribution in [-0.4, -0.2) is 5.78 Å². The average Bonchev–Trinajstić information content (AvgIpc) is 2.69. The van der Waals surface area contributed by atoms with Gasteiger partial charge in [0.2, 0.25) is 0 Å². The van der Waals surface area contributed by atoms with Crippen LogP contribution < -0.4 is 5.43 Å². The highest BCUT2D eigenvalue weighted by molar-refractivity contribution is 7.24. The van der Waals surface area contributed by atoms with Gasteiger partial charge in [-0.05, 0) is 36.6 Å². The minimum Gasteiger partial charge on any atom is -0.295 e. The van der Waals surface area contributed by atoms with Gasteiger partial charge in [-0.25, -0.2) is 0 Å². The molecular weight excluding hydrogens is 352 g/mol. The monoisotopic (exact) mass is 374 g/mol. The van der Waals surface area contributed by atoms with Crippen LogP contribution in [0.5, 0.6) is 0 Å². The molecule has 0 radical (unpaired) electrons. The van der Waals surface area contributed by atoms with Crippen molar-refractivity contribution in [3.8, 4) is 0 Å². The lowest BCUT2D eigenvalue weighted by atomic mass is 9.98. The SMILES string of the molecule is CC(=O)c1ccccc1.CC(C)c1cccc2sc3ccccc3c(=O)c12. The van der Waals surface area contributed by atoms with Crippen molar-refractivity contribution in [1.29, 1.82) is 0 Å². The van der Waals surface area contributed by atoms with Crippen LogP contribution in [0.15, 0.2) is 77.6 Å². The van der Waals surface area contributed by atoms with Crippen molar-refractivity contribution in [2.75, 3.05) is 0 Å². The molecule has 1 aromatic heterocycles. The third-order valence-corrected chi connectivity index (χ3v) is 5.58. The molecule has 0 spiro atoms. The number of fused-ring (bicyclic) bond motifs is 2. The van der Waals surface area contributed by atoms with Crippen molar-refractivity contribution < 1.29 is 4.79 Å². The van der Waals surface area contributed by atoms with Crippen LogP contribution in [0.4, 0.5) is 0 Å². The molecular formula is C24H22O2S. The van der Waals surface area contributed by atoms with E-state index in [0.29, 0.717) is 5.92 Å². The lowest BCUT2D eigenvalue weighted by Gasteiger charge is -2.09. The molecule has 3 aromatic carbocycles. The van der Waals surface area contributed by atoms with E-state index in [1.165, 1.54) is 0 Å². The molecule has 3 heteroatoms. The maximum Gasteiger partial charge on any atom is 0.196 e. The summed E-state index contributed by atoms with van der Waals surface area (Å²) in [6.45, 7) is 5.83. The minimum atomic E-state index is 0.121. The molecule has 0 bridgehead atoms. The third kappa shape index (κ3) is 4.15. The molecule has 0 atom stereocenters. The number of rotatable bonds is 2. The lowest BCUT2D eigenvalue weighted by Crippen LogP contribution is -2.05. The van der Waals surface area contributed by atoms with Crippen LogP contribution in [-0.2, 0) is 0 Å². The summed E-state index contributed by atoms with van der Waals surface area (Å²) in [6, 6.07) is 23.2. The Hall–Kier alpha value is -2.78. The van der Waals surface area contributed by atoms with Crippen molar-refractivity contribution in [1.82, 2.24) is 0 Å². The fourth-order valence-electron chi connectivity index (χ4n) is 3.03. The zero-order valence-electron chi connectivity index (χ0n) is 15.7. The molecule has 0 aliphatic rings. The van der Waals surface area contributed by atoms with E-state index >= 15 is 0 Å². The standard InChI is InChI=1S/C16H14OS.C8H8O/c1-10(2)11-7-5-9-14-15(11)16(17)12-6-3-4-8-13(12)18-14;1-7(9)8-5-3-2-4-6-8/h3-10H,1-2H3;2-6H,1H3. The van der Waals surface area contributed by atoms with Gasteiger partial charge in [0.05, 0.1) is 0 Å². The predicted molar refractivity (Wildman–Crippen MR) is 116 cm³/mol. The number of carbonyl (C=O) groups excluding carboxylic acids is 1. The van der Waals surface area contributed by atoms with Gasteiger partial charge in [0.25, 0.3) is 0 Å². The van der Waals surface area contributed by atoms with Crippen LogP contribution >= 0.6 is 11.3 Å². The van der Waals surface area contributed by atoms with Crippen molar-refractivity contribution in [3.05, 3.63) is 94.1 Å². The Labute approximate surface area is 163 Å². The highest BCUT2D eigenvalue weighted by Gasteiger charge is 2.11. The summed E-state index contributed by atoms with van der Waals surface area (Å²) in [6.07, 6.45) is 0. The molecule has 27 heavy (non-hydrogen) atoms. The molecule has 0 amide bonds. The minimum absolute atomic E-state index is 0.121. The first-order chi connectivity index (χ1) is 13.0. The molecule has 4 aromatic rings. The normalized spacial score (nSPS) is 10.7. The van der Waals surface area contributed by atoms with E-state index in [4.69, 9.17) is 0 Å². The molecule has 2 nitrogen and oxygen atoms in total. The van der Waals surface area contributed by atoms with Gasteiger partial charge in [0, 0.05) is 25.7 Å². The topological polar surface area (TPSA) is 34.1 Å². The highest BCUT2D eigenvalue weighted by Crippen LogP contribution is 2.29. The van der Waals surface area contributed by atoms with E-state index in [9.17, 15) is 9.59 Å². The van der Waals surface area contributed by atoms with E-state index in [2.05, 4.69) is 19.9 Å². The number of hydrogen-bond donors (Lipinski definition) is 0. The van der Waals surface area contributed by atoms with E-state index in [1.807, 2.05) is 66.7 Å². The first kappa shape index (κ1) is 19.0. The molecule has 0 aliphatic carbocycles. The van der Waals surface area contributed by atoms with Gasteiger partial charge in [0.15, 0.2) is 11.2 Å². The van der Waals surface area contributed by atoms with E-state index in [0.717, 1.165) is 31.3 Å². The quantitative estimate of drug-likeness (QED) is 0.299. The van der Waals surface area contributed by atoms with Gasteiger partial charge >= 0.3 is 0 Å². The van der Waals surface area contributed by atoms with E-state index in [1.54, 1.807) is 18.3 Å². The van der Waals surface area contributed by atoms with Crippen LogP contribution in [0, 0.1) is 0 Å². The first-order valence-electron chi connectivity index (χ1n) is 8.99. The Morgan fingerprint density at radius 1 is 0.815 bits per heavy atom. The zero-order chi connectivity index (χ0) is 19.4. The maximum absolute atomic E-state index is 12.6. The van der Waals surface area contributed by atoms with Gasteiger partial charge in [-0.1, -0.05) is 68.4 Å². The number of hydrogen-bond acceptors (Lipinski definition) is 3. The molecule has 0 N–H and O–H groups in total. The molecule has 0 saturated carbocycles. The number of ketones is 1. The Morgan fingerprint density at radius 2 is 1.44 bits per heavy atom. The summed E-state index contributed by atoms with van der Waals surface area (Å²) in [7, 11) is 0. The van der Waals surface area contributed by atoms with Crippen LogP contribution in [0.3, 0.4) is 0 Å². The Balaban J connectivity index is 0.000000197. The van der Waals surface area contributed by atoms with Crippen molar-refractivity contribution >= 4 is 37.3 Å². The Kier molecular flexibility index (Phi) is 5.82. The Bertz CT molecular complexity index is 1140. The summed E-state index contributed by atoms with van der Waals surface area (Å²) in [4.78, 5) is 23.3. The number of Topliss-reactive ketones (excluding diaryl/α,β-unsaturated/α-hetero) is 1. The molecule has 0 aliphatic heterocycles. The zero-order valence-corrected chi connectivity index (χ0v) is 16.5. The predicted octanol–water partition coefficient (Wildman–Crippen LogP) is 6.43. The second-order valence-corrected chi connectivity index (χ2v) is 7.81. The second-order valence-electron chi connectivity index (χ2n) is 6.72. The fraction of sp³-hybridized carbons (Fsp3) is 0.167. The van der Waals surface area contributed by atoms with Crippen LogP contribution in [0.25, 0.3) is 20.2 Å². The molecule has 4 rings (SSSR count). The van der Waals surface area contributed by atoms with Crippen LogP contribution in [0.1, 0.15) is 42.6 Å². The summed E-state index contributed by atoms with van der Waals surface area (Å²) < 4.78 is 2.15. The summed E-state index contributed by atoms with van der Waals surface area (Å²) in [5.41, 5.74) is 2.10. The van der Waals surface area contributed by atoms with E-state index in [-0.39, 0.29) is 11.2 Å². The Morgan fingerprint density at radius 3 is 2.07 bits per heavy atom. The summed E-state index contributed by atoms with van der Waals surface area (Å²) in [5, 5.41) is 1.74. The highest BCUT2D eigenvalue weighted by atomic mass is 32.1. The summed E-state index contributed by atoms with van der Waals surface area (Å²) >= 11 is 1.70. The average molecular weight is 375 g/mol. The largest absolute Gasteiger partial charge is 0.295 e. The van der Waals surface area contributed by atoms with Crippen molar-refractivity contribution in [2.24, 2.45) is 0 Å². The third-order valence-electron chi connectivity index (χ3n) is 4.44. The van der Waals surface area contributed by atoms with Gasteiger partial charge in [-0.3, -0.25) is 9.59 Å². The number of benzene rings is 3. The van der Waals surface area contributed by atoms with Gasteiger partial charge < -0.3 is 0 Å². The van der Waals surface area contributed by atoms with Crippen molar-refractivity contribution in [2.45, 2.75) is 26.7 Å². The van der Waals surface area contributed by atoms with Crippen LogP contribution in [0.2, 0.25) is 0 Å². The van der Waals surface area contributed by atoms with Gasteiger partial charge in [-0.15, -0.1) is 11.3 Å². The summed E-state index contributed by atoms with van der Waals surface area (Å²) in [5.74, 6) is 0.491. The molecule has 136 valence electrons. The number of carbonyl (C=O) groups is 1. The second kappa shape index (κ2) is 8.28. The smallest absolute Gasteiger partial charge is 0.196 e. The van der Waals surface area contributed by atoms with Crippen molar-refractivity contribution in [3.63, 3.8) is 0 Å². The first-order valence-corrected chi connectivity index (χ1v) is 9.81. The molecule has 1 heterocycles. The fourth-order valence-corrected chi connectivity index (χ4v) is 4.14. The molecule has 0 fully saturated rings. The molecule has 0 unspecified atom stereocenters. The maximum atomic E-state index is 12.6.